The molecule has 1 atom stereocenters. The number of benzene rings is 3. The highest BCUT2D eigenvalue weighted by atomic mass is 16.5. The summed E-state index contributed by atoms with van der Waals surface area (Å²) in [7, 11) is 1.67. The van der Waals surface area contributed by atoms with Crippen LogP contribution in [0.5, 0.6) is 5.75 Å². The van der Waals surface area contributed by atoms with E-state index in [-0.39, 0.29) is 11.7 Å². The minimum atomic E-state index is -0.0282. The van der Waals surface area contributed by atoms with E-state index in [0.29, 0.717) is 6.42 Å². The Hall–Kier alpha value is -3.07. The molecular formula is C24H21NO2. The van der Waals surface area contributed by atoms with E-state index in [4.69, 9.17) is 4.74 Å². The van der Waals surface area contributed by atoms with Gasteiger partial charge in [0.15, 0.2) is 5.78 Å². The zero-order chi connectivity index (χ0) is 18.4. The van der Waals surface area contributed by atoms with E-state index in [2.05, 4.69) is 53.8 Å². The fourth-order valence-electron chi connectivity index (χ4n) is 4.45. The van der Waals surface area contributed by atoms with Crippen LogP contribution in [0, 0.1) is 0 Å². The quantitative estimate of drug-likeness (QED) is 0.668. The number of hydrogen-bond acceptors (Lipinski definition) is 3. The van der Waals surface area contributed by atoms with Gasteiger partial charge in [0.2, 0.25) is 0 Å². The second-order valence-electron chi connectivity index (χ2n) is 7.25. The Kier molecular flexibility index (Phi) is 3.75. The Morgan fingerprint density at radius 1 is 0.963 bits per heavy atom. The molecule has 0 amide bonds. The maximum Gasteiger partial charge on any atom is 0.161 e. The summed E-state index contributed by atoms with van der Waals surface area (Å²) in [5, 5.41) is 6.05. The number of carbonyl (C=O) groups excluding carboxylic acids is 1. The number of ether oxygens (including phenoxy) is 1. The fourth-order valence-corrected chi connectivity index (χ4v) is 4.45. The van der Waals surface area contributed by atoms with Gasteiger partial charge in [-0.15, -0.1) is 0 Å². The topological polar surface area (TPSA) is 38.3 Å². The van der Waals surface area contributed by atoms with Gasteiger partial charge in [-0.25, -0.2) is 0 Å². The number of ketones is 1. The van der Waals surface area contributed by atoms with Crippen molar-refractivity contribution in [3.63, 3.8) is 0 Å². The average molecular weight is 355 g/mol. The number of hydrogen-bond donors (Lipinski definition) is 1. The highest BCUT2D eigenvalue weighted by Crippen LogP contribution is 2.47. The van der Waals surface area contributed by atoms with Crippen molar-refractivity contribution in [3.05, 3.63) is 83.1 Å². The second-order valence-corrected chi connectivity index (χ2v) is 7.25. The van der Waals surface area contributed by atoms with Gasteiger partial charge in [0.25, 0.3) is 0 Å². The molecule has 0 spiro atoms. The first-order chi connectivity index (χ1) is 13.3. The van der Waals surface area contributed by atoms with Gasteiger partial charge in [0.1, 0.15) is 5.75 Å². The van der Waals surface area contributed by atoms with E-state index < -0.39 is 0 Å². The van der Waals surface area contributed by atoms with Gasteiger partial charge in [-0.2, -0.15) is 0 Å². The molecule has 3 nitrogen and oxygen atoms in total. The molecule has 3 aromatic rings. The van der Waals surface area contributed by atoms with Crippen LogP contribution in [-0.4, -0.2) is 12.9 Å². The smallest absolute Gasteiger partial charge is 0.161 e. The van der Waals surface area contributed by atoms with Crippen molar-refractivity contribution in [2.45, 2.75) is 25.2 Å². The monoisotopic (exact) mass is 355 g/mol. The Bertz CT molecular complexity index is 1080. The van der Waals surface area contributed by atoms with Crippen LogP contribution in [0.25, 0.3) is 10.8 Å². The molecule has 0 radical (unpaired) electrons. The molecule has 1 aliphatic heterocycles. The predicted molar refractivity (Wildman–Crippen MR) is 108 cm³/mol. The van der Waals surface area contributed by atoms with Crippen LogP contribution in [0.2, 0.25) is 0 Å². The molecule has 27 heavy (non-hydrogen) atoms. The normalized spacial score (nSPS) is 18.7. The maximum atomic E-state index is 12.9. The lowest BCUT2D eigenvalue weighted by Gasteiger charge is -2.34. The summed E-state index contributed by atoms with van der Waals surface area (Å²) in [5.74, 6) is 1.07. The van der Waals surface area contributed by atoms with Gasteiger partial charge >= 0.3 is 0 Å². The van der Waals surface area contributed by atoms with Crippen LogP contribution >= 0.6 is 0 Å². The Morgan fingerprint density at radius 2 is 1.78 bits per heavy atom. The van der Waals surface area contributed by atoms with Crippen molar-refractivity contribution in [2.75, 3.05) is 12.4 Å². The summed E-state index contributed by atoms with van der Waals surface area (Å²) in [6.45, 7) is 0. The van der Waals surface area contributed by atoms with Crippen molar-refractivity contribution in [1.82, 2.24) is 0 Å². The summed E-state index contributed by atoms with van der Waals surface area (Å²) in [5.41, 5.74) is 5.48. The summed E-state index contributed by atoms with van der Waals surface area (Å²) in [6, 6.07) is 20.9. The number of nitrogens with one attached hydrogen (secondary N) is 1. The zero-order valence-corrected chi connectivity index (χ0v) is 15.3. The number of Topliss-reactive ketones (excluding diaryl/α,β-unsaturated/α-hetero) is 1. The number of allylic oxidation sites excluding steroid dienone is 2. The van der Waals surface area contributed by atoms with Crippen LogP contribution in [0.15, 0.2) is 71.9 Å². The van der Waals surface area contributed by atoms with E-state index >= 15 is 0 Å². The van der Waals surface area contributed by atoms with Crippen molar-refractivity contribution >= 4 is 22.2 Å². The zero-order valence-electron chi connectivity index (χ0n) is 15.3. The SMILES string of the molecule is COc1ccc([C@H]2C3=C(CCCC3=O)Nc3c2ccc2ccccc32)cc1. The van der Waals surface area contributed by atoms with Gasteiger partial charge in [0, 0.05) is 29.0 Å². The lowest BCUT2D eigenvalue weighted by Crippen LogP contribution is -2.27. The first-order valence-corrected chi connectivity index (χ1v) is 9.45. The molecule has 0 saturated heterocycles. The van der Waals surface area contributed by atoms with E-state index in [9.17, 15) is 4.79 Å². The standard InChI is InChI=1S/C24H21NO2/c1-27-17-12-9-16(10-13-17)22-19-14-11-15-5-2-3-6-18(15)24(19)25-20-7-4-8-21(26)23(20)22/h2-3,5-6,9-14,22,25H,4,7-8H2,1H3/t22-/m1/s1. The number of fused-ring (bicyclic) bond motifs is 3. The molecule has 3 heteroatoms. The average Bonchev–Trinajstić information content (AvgIpc) is 2.72. The van der Waals surface area contributed by atoms with E-state index in [0.717, 1.165) is 41.1 Å². The highest BCUT2D eigenvalue weighted by molar-refractivity contribution is 6.04. The van der Waals surface area contributed by atoms with Crippen LogP contribution in [0.1, 0.15) is 36.3 Å². The molecule has 0 aromatic heterocycles. The molecule has 1 N–H and O–H groups in total. The fraction of sp³-hybridized carbons (Fsp3) is 0.208. The summed E-state index contributed by atoms with van der Waals surface area (Å²) in [4.78, 5) is 12.9. The van der Waals surface area contributed by atoms with E-state index in [1.807, 2.05) is 12.1 Å². The maximum absolute atomic E-state index is 12.9. The highest BCUT2D eigenvalue weighted by Gasteiger charge is 2.35. The third-order valence-electron chi connectivity index (χ3n) is 5.74. The third-order valence-corrected chi connectivity index (χ3v) is 5.74. The van der Waals surface area contributed by atoms with Gasteiger partial charge in [-0.05, 0) is 41.5 Å². The van der Waals surface area contributed by atoms with Crippen LogP contribution in [0.3, 0.4) is 0 Å². The molecule has 134 valence electrons. The van der Waals surface area contributed by atoms with Crippen LogP contribution in [0.4, 0.5) is 5.69 Å². The molecule has 1 aliphatic carbocycles. The molecule has 0 saturated carbocycles. The Labute approximate surface area is 158 Å². The summed E-state index contributed by atoms with van der Waals surface area (Å²) < 4.78 is 5.32. The second kappa shape index (κ2) is 6.27. The van der Waals surface area contributed by atoms with Gasteiger partial charge < -0.3 is 10.1 Å². The molecule has 0 bridgehead atoms. The van der Waals surface area contributed by atoms with E-state index in [1.54, 1.807) is 7.11 Å². The van der Waals surface area contributed by atoms with Crippen molar-refractivity contribution in [2.24, 2.45) is 0 Å². The first-order valence-electron chi connectivity index (χ1n) is 9.45. The molecule has 1 heterocycles. The van der Waals surface area contributed by atoms with Crippen LogP contribution < -0.4 is 10.1 Å². The largest absolute Gasteiger partial charge is 0.497 e. The van der Waals surface area contributed by atoms with E-state index in [1.165, 1.54) is 16.3 Å². The lowest BCUT2D eigenvalue weighted by molar-refractivity contribution is -0.116. The number of rotatable bonds is 2. The number of anilines is 1. The molecule has 3 aromatic carbocycles. The summed E-state index contributed by atoms with van der Waals surface area (Å²) >= 11 is 0. The Morgan fingerprint density at radius 3 is 2.59 bits per heavy atom. The van der Waals surface area contributed by atoms with Crippen LogP contribution in [-0.2, 0) is 4.79 Å². The third kappa shape index (κ3) is 2.54. The first kappa shape index (κ1) is 16.1. The number of methoxy groups -OCH3 is 1. The van der Waals surface area contributed by atoms with Gasteiger partial charge in [-0.3, -0.25) is 4.79 Å². The van der Waals surface area contributed by atoms with Gasteiger partial charge in [-0.1, -0.05) is 48.5 Å². The van der Waals surface area contributed by atoms with Crippen molar-refractivity contribution < 1.29 is 9.53 Å². The Balaban J connectivity index is 1.76. The molecule has 5 rings (SSSR count). The minimum Gasteiger partial charge on any atom is -0.497 e. The predicted octanol–water partition coefficient (Wildman–Crippen LogP) is 5.41. The van der Waals surface area contributed by atoms with Crippen molar-refractivity contribution in [1.29, 1.82) is 0 Å². The molecule has 0 fully saturated rings. The lowest BCUT2D eigenvalue weighted by atomic mass is 9.75. The molecule has 0 unspecified atom stereocenters. The molecule has 2 aliphatic rings. The molecular weight excluding hydrogens is 334 g/mol. The van der Waals surface area contributed by atoms with Crippen molar-refractivity contribution in [3.8, 4) is 5.75 Å². The minimum absolute atomic E-state index is 0.0282. The number of carbonyl (C=O) groups is 1. The summed E-state index contributed by atoms with van der Waals surface area (Å²) in [6.07, 6.45) is 2.48. The van der Waals surface area contributed by atoms with Gasteiger partial charge in [0.05, 0.1) is 12.8 Å².